The van der Waals surface area contributed by atoms with Crippen molar-refractivity contribution in [3.05, 3.63) is 23.8 Å². The number of rotatable bonds is 6. The lowest BCUT2D eigenvalue weighted by atomic mass is 10.2. The largest absolute Gasteiger partial charge is 0.493 e. The zero-order chi connectivity index (χ0) is 13.7. The van der Waals surface area contributed by atoms with Gasteiger partial charge >= 0.3 is 5.97 Å². The van der Waals surface area contributed by atoms with Crippen molar-refractivity contribution in [2.45, 2.75) is 19.4 Å². The number of carboxylic acid groups (broad SMARTS) is 1. The standard InChI is InChI=1S/C12H15NO5/c1-7(5-11(14)15)18-9-4-3-8(12(13)16)6-10(9)17-2/h3-4,6-7H,5H2,1-2H3,(H2,13,16)(H,14,15)/t7-/m0/s1. The van der Waals surface area contributed by atoms with Crippen LogP contribution in [0.25, 0.3) is 0 Å². The molecule has 0 aliphatic carbocycles. The van der Waals surface area contributed by atoms with Crippen molar-refractivity contribution in [3.63, 3.8) is 0 Å². The van der Waals surface area contributed by atoms with Crippen LogP contribution in [0.2, 0.25) is 0 Å². The van der Waals surface area contributed by atoms with Gasteiger partial charge in [0, 0.05) is 5.56 Å². The van der Waals surface area contributed by atoms with Crippen LogP contribution in [-0.4, -0.2) is 30.2 Å². The quantitative estimate of drug-likeness (QED) is 0.789. The molecule has 0 fully saturated rings. The number of carboxylic acids is 1. The molecule has 1 rings (SSSR count). The van der Waals surface area contributed by atoms with Crippen molar-refractivity contribution >= 4 is 11.9 Å². The second-order valence-corrected chi connectivity index (χ2v) is 3.76. The smallest absolute Gasteiger partial charge is 0.307 e. The molecule has 0 spiro atoms. The van der Waals surface area contributed by atoms with E-state index in [2.05, 4.69) is 0 Å². The van der Waals surface area contributed by atoms with Gasteiger partial charge in [0.25, 0.3) is 0 Å². The Balaban J connectivity index is 2.88. The SMILES string of the molecule is COc1cc(C(N)=O)ccc1O[C@@H](C)CC(=O)O. The average molecular weight is 253 g/mol. The lowest BCUT2D eigenvalue weighted by molar-refractivity contribution is -0.138. The first-order chi connectivity index (χ1) is 8.43. The van der Waals surface area contributed by atoms with Crippen molar-refractivity contribution in [2.75, 3.05) is 7.11 Å². The van der Waals surface area contributed by atoms with Crippen LogP contribution in [0.4, 0.5) is 0 Å². The van der Waals surface area contributed by atoms with Gasteiger partial charge in [0.2, 0.25) is 5.91 Å². The summed E-state index contributed by atoms with van der Waals surface area (Å²) in [4.78, 5) is 21.5. The minimum Gasteiger partial charge on any atom is -0.493 e. The van der Waals surface area contributed by atoms with Gasteiger partial charge in [-0.15, -0.1) is 0 Å². The molecule has 1 amide bonds. The molecular weight excluding hydrogens is 238 g/mol. The summed E-state index contributed by atoms with van der Waals surface area (Å²) in [7, 11) is 1.43. The van der Waals surface area contributed by atoms with E-state index in [1.807, 2.05) is 0 Å². The van der Waals surface area contributed by atoms with E-state index in [4.69, 9.17) is 20.3 Å². The number of amides is 1. The van der Waals surface area contributed by atoms with Crippen LogP contribution in [-0.2, 0) is 4.79 Å². The topological polar surface area (TPSA) is 98.9 Å². The Kier molecular flexibility index (Phi) is 4.53. The first-order valence-electron chi connectivity index (χ1n) is 5.30. The first-order valence-corrected chi connectivity index (χ1v) is 5.30. The Labute approximate surface area is 104 Å². The van der Waals surface area contributed by atoms with E-state index in [-0.39, 0.29) is 6.42 Å². The van der Waals surface area contributed by atoms with Gasteiger partial charge in [0.15, 0.2) is 11.5 Å². The van der Waals surface area contributed by atoms with Crippen molar-refractivity contribution in [1.29, 1.82) is 0 Å². The van der Waals surface area contributed by atoms with Crippen LogP contribution >= 0.6 is 0 Å². The minimum atomic E-state index is -0.949. The highest BCUT2D eigenvalue weighted by molar-refractivity contribution is 5.93. The molecule has 3 N–H and O–H groups in total. The summed E-state index contributed by atoms with van der Waals surface area (Å²) in [6, 6.07) is 4.47. The number of methoxy groups -OCH3 is 1. The molecule has 6 nitrogen and oxygen atoms in total. The van der Waals surface area contributed by atoms with E-state index in [0.29, 0.717) is 17.1 Å². The Morgan fingerprint density at radius 1 is 1.39 bits per heavy atom. The highest BCUT2D eigenvalue weighted by Crippen LogP contribution is 2.29. The number of aliphatic carboxylic acids is 1. The molecule has 6 heteroatoms. The number of hydrogen-bond donors (Lipinski definition) is 2. The zero-order valence-corrected chi connectivity index (χ0v) is 10.2. The third-order valence-electron chi connectivity index (χ3n) is 2.24. The third-order valence-corrected chi connectivity index (χ3v) is 2.24. The van der Waals surface area contributed by atoms with Crippen molar-refractivity contribution in [3.8, 4) is 11.5 Å². The molecule has 1 aromatic carbocycles. The number of ether oxygens (including phenoxy) is 2. The van der Waals surface area contributed by atoms with Crippen molar-refractivity contribution in [2.24, 2.45) is 5.73 Å². The Morgan fingerprint density at radius 2 is 2.06 bits per heavy atom. The molecular formula is C12H15NO5. The first kappa shape index (κ1) is 13.8. The second-order valence-electron chi connectivity index (χ2n) is 3.76. The number of carbonyl (C=O) groups is 2. The van der Waals surface area contributed by atoms with Gasteiger partial charge in [-0.3, -0.25) is 9.59 Å². The van der Waals surface area contributed by atoms with Crippen LogP contribution < -0.4 is 15.2 Å². The Hall–Kier alpha value is -2.24. The fourth-order valence-corrected chi connectivity index (χ4v) is 1.42. The number of carbonyl (C=O) groups excluding carboxylic acids is 1. The predicted octanol–water partition coefficient (Wildman–Crippen LogP) is 1.04. The lowest BCUT2D eigenvalue weighted by Gasteiger charge is -2.15. The lowest BCUT2D eigenvalue weighted by Crippen LogP contribution is -2.17. The number of nitrogens with two attached hydrogens (primary N) is 1. The van der Waals surface area contributed by atoms with E-state index in [0.717, 1.165) is 0 Å². The molecule has 98 valence electrons. The van der Waals surface area contributed by atoms with E-state index < -0.39 is 18.0 Å². The van der Waals surface area contributed by atoms with Gasteiger partial charge in [-0.05, 0) is 25.1 Å². The highest BCUT2D eigenvalue weighted by Gasteiger charge is 2.14. The molecule has 0 aromatic heterocycles. The molecule has 18 heavy (non-hydrogen) atoms. The predicted molar refractivity (Wildman–Crippen MR) is 63.9 cm³/mol. The van der Waals surface area contributed by atoms with Crippen LogP contribution in [0.3, 0.4) is 0 Å². The van der Waals surface area contributed by atoms with Gasteiger partial charge in [-0.2, -0.15) is 0 Å². The molecule has 1 atom stereocenters. The summed E-state index contributed by atoms with van der Waals surface area (Å²) in [5, 5.41) is 8.63. The van der Waals surface area contributed by atoms with Crippen LogP contribution in [0, 0.1) is 0 Å². The molecule has 0 heterocycles. The molecule has 0 radical (unpaired) electrons. The summed E-state index contributed by atoms with van der Waals surface area (Å²) in [6.07, 6.45) is -0.628. The van der Waals surface area contributed by atoms with Gasteiger partial charge < -0.3 is 20.3 Å². The van der Waals surface area contributed by atoms with Crippen molar-refractivity contribution in [1.82, 2.24) is 0 Å². The third kappa shape index (κ3) is 3.65. The fraction of sp³-hybridized carbons (Fsp3) is 0.333. The van der Waals surface area contributed by atoms with E-state index in [1.54, 1.807) is 6.92 Å². The molecule has 0 unspecified atom stereocenters. The summed E-state index contributed by atoms with van der Waals surface area (Å²) in [5.74, 6) is -0.812. The van der Waals surface area contributed by atoms with Gasteiger partial charge in [0.05, 0.1) is 13.5 Å². The van der Waals surface area contributed by atoms with Gasteiger partial charge in [0.1, 0.15) is 6.10 Å². The molecule has 0 aliphatic heterocycles. The number of hydrogen-bond acceptors (Lipinski definition) is 4. The maximum absolute atomic E-state index is 11.0. The van der Waals surface area contributed by atoms with Gasteiger partial charge in [-0.1, -0.05) is 0 Å². The van der Waals surface area contributed by atoms with E-state index in [9.17, 15) is 9.59 Å². The number of benzene rings is 1. The molecule has 0 saturated carbocycles. The molecule has 1 aromatic rings. The monoisotopic (exact) mass is 253 g/mol. The normalized spacial score (nSPS) is 11.7. The summed E-state index contributed by atoms with van der Waals surface area (Å²) in [6.45, 7) is 1.63. The van der Waals surface area contributed by atoms with Crippen LogP contribution in [0.15, 0.2) is 18.2 Å². The zero-order valence-electron chi connectivity index (χ0n) is 10.2. The summed E-state index contributed by atoms with van der Waals surface area (Å²) in [5.41, 5.74) is 5.44. The van der Waals surface area contributed by atoms with Gasteiger partial charge in [-0.25, -0.2) is 0 Å². The Bertz CT molecular complexity index is 458. The Morgan fingerprint density at radius 3 is 2.56 bits per heavy atom. The minimum absolute atomic E-state index is 0.124. The second kappa shape index (κ2) is 5.90. The van der Waals surface area contributed by atoms with Crippen LogP contribution in [0.1, 0.15) is 23.7 Å². The molecule has 0 saturated heterocycles. The van der Waals surface area contributed by atoms with Crippen molar-refractivity contribution < 1.29 is 24.2 Å². The van der Waals surface area contributed by atoms with E-state index >= 15 is 0 Å². The average Bonchev–Trinajstić information content (AvgIpc) is 2.27. The highest BCUT2D eigenvalue weighted by atomic mass is 16.5. The molecule has 0 bridgehead atoms. The summed E-state index contributed by atoms with van der Waals surface area (Å²) < 4.78 is 10.5. The molecule has 0 aliphatic rings. The van der Waals surface area contributed by atoms with E-state index in [1.165, 1.54) is 25.3 Å². The number of primary amides is 1. The maximum atomic E-state index is 11.0. The van der Waals surface area contributed by atoms with Crippen LogP contribution in [0.5, 0.6) is 11.5 Å². The summed E-state index contributed by atoms with van der Waals surface area (Å²) >= 11 is 0. The maximum Gasteiger partial charge on any atom is 0.307 e. The fourth-order valence-electron chi connectivity index (χ4n) is 1.42.